The number of hydrogen-bond donors (Lipinski definition) is 3. The Balaban J connectivity index is 1.40. The minimum Gasteiger partial charge on any atom is -0.384 e. The van der Waals surface area contributed by atoms with Crippen molar-refractivity contribution >= 4 is 27.8 Å². The van der Waals surface area contributed by atoms with E-state index in [0.29, 0.717) is 29.2 Å². The van der Waals surface area contributed by atoms with Crippen LogP contribution in [0.5, 0.6) is 0 Å². The van der Waals surface area contributed by atoms with E-state index in [0.717, 1.165) is 45.4 Å². The van der Waals surface area contributed by atoms with Gasteiger partial charge in [-0.25, -0.2) is 14.4 Å². The Morgan fingerprint density at radius 1 is 1.05 bits per heavy atom. The van der Waals surface area contributed by atoms with Crippen LogP contribution in [-0.4, -0.2) is 67.0 Å². The van der Waals surface area contributed by atoms with Crippen LogP contribution in [0.2, 0.25) is 0 Å². The highest BCUT2D eigenvalue weighted by Gasteiger charge is 2.17. The molecule has 0 fully saturated rings. The maximum Gasteiger partial charge on any atom is 0.160 e. The molecule has 10 heteroatoms. The monoisotopic (exact) mass is 495 g/mol. The van der Waals surface area contributed by atoms with Crippen molar-refractivity contribution in [1.29, 1.82) is 0 Å². The first-order valence-electron chi connectivity index (χ1n) is 12.0. The summed E-state index contributed by atoms with van der Waals surface area (Å²) in [5, 5.41) is 16.1. The number of likely N-dealkylation sites (N-methyl/N-ethyl adjacent to an activating group) is 1. The van der Waals surface area contributed by atoms with E-state index in [-0.39, 0.29) is 5.82 Å². The summed E-state index contributed by atoms with van der Waals surface area (Å²) in [6, 6.07) is 12.9. The van der Waals surface area contributed by atoms with Gasteiger partial charge < -0.3 is 15.2 Å². The third-order valence-corrected chi connectivity index (χ3v) is 6.31. The number of nitrogens with one attached hydrogen (secondary N) is 3. The van der Waals surface area contributed by atoms with E-state index in [1.54, 1.807) is 10.9 Å². The first-order chi connectivity index (χ1) is 17.9. The van der Waals surface area contributed by atoms with Gasteiger partial charge in [0.05, 0.1) is 11.7 Å². The summed E-state index contributed by atoms with van der Waals surface area (Å²) in [7, 11) is 5.90. The molecular formula is C27H26FN9. The number of H-pyrrole nitrogens is 2. The van der Waals surface area contributed by atoms with Crippen molar-refractivity contribution in [2.45, 2.75) is 0 Å². The van der Waals surface area contributed by atoms with Gasteiger partial charge in [-0.1, -0.05) is 6.07 Å². The molecule has 4 aromatic heterocycles. The van der Waals surface area contributed by atoms with Crippen LogP contribution in [0.25, 0.3) is 55.8 Å². The molecule has 0 saturated heterocycles. The molecule has 0 saturated carbocycles. The molecule has 0 radical (unpaired) electrons. The van der Waals surface area contributed by atoms with Gasteiger partial charge >= 0.3 is 0 Å². The van der Waals surface area contributed by atoms with E-state index in [9.17, 15) is 4.39 Å². The number of rotatable bonds is 7. The number of aromatic nitrogens is 7. The highest BCUT2D eigenvalue weighted by Crippen LogP contribution is 2.33. The van der Waals surface area contributed by atoms with Crippen molar-refractivity contribution in [3.63, 3.8) is 0 Å². The third kappa shape index (κ3) is 4.43. The summed E-state index contributed by atoms with van der Waals surface area (Å²) in [5.41, 5.74) is 7.14. The standard InChI is InChI=1S/C27H26FN9/c1-36(2)9-8-29-20-11-17(10-19(28)13-20)21-6-7-30-26-24(21)32-27(33-26)25-22-12-16(4-5-23(22)34-35-25)18-14-31-37(3)15-18/h4-7,10-15,29H,8-9H2,1-3H3,(H,34,35)(H,30,32,33). The number of nitrogens with zero attached hydrogens (tertiary/aromatic N) is 6. The van der Waals surface area contributed by atoms with Crippen molar-refractivity contribution in [2.24, 2.45) is 7.05 Å². The second-order valence-electron chi connectivity index (χ2n) is 9.34. The molecule has 0 spiro atoms. The summed E-state index contributed by atoms with van der Waals surface area (Å²) < 4.78 is 16.3. The first-order valence-corrected chi connectivity index (χ1v) is 12.0. The summed E-state index contributed by atoms with van der Waals surface area (Å²) in [5.74, 6) is 0.275. The van der Waals surface area contributed by atoms with Gasteiger partial charge in [-0.2, -0.15) is 10.2 Å². The molecule has 0 unspecified atom stereocenters. The van der Waals surface area contributed by atoms with Gasteiger partial charge in [0.1, 0.15) is 17.0 Å². The van der Waals surface area contributed by atoms with E-state index in [1.165, 1.54) is 12.1 Å². The van der Waals surface area contributed by atoms with Crippen LogP contribution in [0.4, 0.5) is 10.1 Å². The molecule has 186 valence electrons. The SMILES string of the molecule is CN(C)CCNc1cc(F)cc(-c2ccnc3[nH]c(-c4n[nH]c5ccc(-c6cnn(C)c6)cc45)nc23)c1. The normalized spacial score (nSPS) is 11.7. The van der Waals surface area contributed by atoms with Crippen molar-refractivity contribution in [1.82, 2.24) is 39.8 Å². The number of halogens is 1. The molecule has 6 rings (SSSR count). The molecular weight excluding hydrogens is 469 g/mol. The Morgan fingerprint density at radius 3 is 2.76 bits per heavy atom. The van der Waals surface area contributed by atoms with Crippen LogP contribution in [0, 0.1) is 5.82 Å². The van der Waals surface area contributed by atoms with Gasteiger partial charge in [-0.3, -0.25) is 9.78 Å². The van der Waals surface area contributed by atoms with Crippen LogP contribution >= 0.6 is 0 Å². The summed E-state index contributed by atoms with van der Waals surface area (Å²) in [6.45, 7) is 1.55. The fourth-order valence-corrected chi connectivity index (χ4v) is 4.47. The second-order valence-corrected chi connectivity index (χ2v) is 9.34. The van der Waals surface area contributed by atoms with Crippen LogP contribution < -0.4 is 5.32 Å². The summed E-state index contributed by atoms with van der Waals surface area (Å²) in [6.07, 6.45) is 5.51. The highest BCUT2D eigenvalue weighted by atomic mass is 19.1. The zero-order valence-corrected chi connectivity index (χ0v) is 20.7. The van der Waals surface area contributed by atoms with Crippen LogP contribution in [0.3, 0.4) is 0 Å². The molecule has 6 aromatic rings. The summed E-state index contributed by atoms with van der Waals surface area (Å²) in [4.78, 5) is 14.7. The largest absolute Gasteiger partial charge is 0.384 e. The number of hydrogen-bond acceptors (Lipinski definition) is 6. The van der Waals surface area contributed by atoms with Gasteiger partial charge in [0.15, 0.2) is 11.5 Å². The highest BCUT2D eigenvalue weighted by molar-refractivity contribution is 5.97. The van der Waals surface area contributed by atoms with Gasteiger partial charge in [-0.05, 0) is 61.6 Å². The number of pyridine rings is 1. The average molecular weight is 496 g/mol. The molecule has 4 heterocycles. The van der Waals surface area contributed by atoms with E-state index >= 15 is 0 Å². The van der Waals surface area contributed by atoms with Gasteiger partial charge in [0.25, 0.3) is 0 Å². The quantitative estimate of drug-likeness (QED) is 0.297. The minimum atomic E-state index is -0.313. The van der Waals surface area contributed by atoms with Gasteiger partial charge in [0.2, 0.25) is 0 Å². The number of anilines is 1. The van der Waals surface area contributed by atoms with E-state index < -0.39 is 0 Å². The molecule has 37 heavy (non-hydrogen) atoms. The Hall–Kier alpha value is -4.57. The van der Waals surface area contributed by atoms with Crippen LogP contribution in [0.1, 0.15) is 0 Å². The van der Waals surface area contributed by atoms with Crippen molar-refractivity contribution in [3.05, 3.63) is 66.9 Å². The Kier molecular flexibility index (Phi) is 5.65. The lowest BCUT2D eigenvalue weighted by Crippen LogP contribution is -2.20. The molecule has 0 aliphatic carbocycles. The molecule has 0 atom stereocenters. The van der Waals surface area contributed by atoms with E-state index in [4.69, 9.17) is 4.98 Å². The predicted octanol–water partition coefficient (Wildman–Crippen LogP) is 4.68. The smallest absolute Gasteiger partial charge is 0.160 e. The van der Waals surface area contributed by atoms with Crippen molar-refractivity contribution in [3.8, 4) is 33.8 Å². The maximum absolute atomic E-state index is 14.6. The third-order valence-electron chi connectivity index (χ3n) is 6.31. The number of aromatic amines is 2. The fraction of sp³-hybridized carbons (Fsp3) is 0.185. The molecule has 9 nitrogen and oxygen atoms in total. The zero-order chi connectivity index (χ0) is 25.5. The maximum atomic E-state index is 14.6. The minimum absolute atomic E-state index is 0.313. The molecule has 0 amide bonds. The summed E-state index contributed by atoms with van der Waals surface area (Å²) >= 11 is 0. The van der Waals surface area contributed by atoms with Crippen LogP contribution in [0.15, 0.2) is 61.1 Å². The fourth-order valence-electron chi connectivity index (χ4n) is 4.47. The second kappa shape index (κ2) is 9.14. The van der Waals surface area contributed by atoms with Gasteiger partial charge in [0, 0.05) is 54.7 Å². The Bertz CT molecular complexity index is 1730. The Labute approximate surface area is 212 Å². The lowest BCUT2D eigenvalue weighted by Gasteiger charge is -2.12. The van der Waals surface area contributed by atoms with Crippen molar-refractivity contribution in [2.75, 3.05) is 32.5 Å². The van der Waals surface area contributed by atoms with E-state index in [2.05, 4.69) is 41.5 Å². The Morgan fingerprint density at radius 2 is 1.95 bits per heavy atom. The average Bonchev–Trinajstić information content (AvgIpc) is 3.60. The zero-order valence-electron chi connectivity index (χ0n) is 20.7. The molecule has 0 aliphatic heterocycles. The molecule has 3 N–H and O–H groups in total. The number of imidazole rings is 1. The topological polar surface area (TPSA) is 103 Å². The predicted molar refractivity (Wildman–Crippen MR) is 144 cm³/mol. The molecule has 2 aromatic carbocycles. The lowest BCUT2D eigenvalue weighted by molar-refractivity contribution is 0.425. The van der Waals surface area contributed by atoms with E-state index in [1.807, 2.05) is 57.8 Å². The molecule has 0 bridgehead atoms. The van der Waals surface area contributed by atoms with Crippen molar-refractivity contribution < 1.29 is 4.39 Å². The van der Waals surface area contributed by atoms with Gasteiger partial charge in [-0.15, -0.1) is 0 Å². The first kappa shape index (κ1) is 22.9. The number of fused-ring (bicyclic) bond motifs is 2. The number of benzene rings is 2. The number of aryl methyl sites for hydroxylation is 1. The molecule has 0 aliphatic rings. The van der Waals surface area contributed by atoms with Crippen LogP contribution in [-0.2, 0) is 7.05 Å². The lowest BCUT2D eigenvalue weighted by atomic mass is 10.0.